The highest BCUT2D eigenvalue weighted by Crippen LogP contribution is 2.42. The minimum Gasteiger partial charge on any atom is -0.379 e. The molecule has 0 amide bonds. The van der Waals surface area contributed by atoms with Gasteiger partial charge in [0.1, 0.15) is 0 Å². The highest BCUT2D eigenvalue weighted by Gasteiger charge is 2.25. The first kappa shape index (κ1) is 26.9. The van der Waals surface area contributed by atoms with E-state index in [0.29, 0.717) is 0 Å². The summed E-state index contributed by atoms with van der Waals surface area (Å²) < 4.78 is 8.13. The molecule has 43 heavy (non-hydrogen) atoms. The van der Waals surface area contributed by atoms with E-state index in [1.165, 1.54) is 44.3 Å². The van der Waals surface area contributed by atoms with Crippen LogP contribution in [0.2, 0.25) is 0 Å². The number of fused-ring (bicyclic) bond motifs is 5. The molecule has 5 aromatic rings. The van der Waals surface area contributed by atoms with Gasteiger partial charge in [-0.2, -0.15) is 0 Å². The van der Waals surface area contributed by atoms with Crippen LogP contribution in [0, 0.1) is 0 Å². The number of aryl methyl sites for hydroxylation is 1. The zero-order chi connectivity index (χ0) is 28.8. The summed E-state index contributed by atoms with van der Waals surface area (Å²) >= 11 is 0. The number of benzene rings is 3. The molecule has 0 saturated carbocycles. The van der Waals surface area contributed by atoms with Crippen LogP contribution in [0.1, 0.15) is 12.8 Å². The molecule has 2 aromatic heterocycles. The van der Waals surface area contributed by atoms with Crippen LogP contribution in [0.3, 0.4) is 0 Å². The number of nitrogens with zero attached hydrogens (tertiary/aromatic N) is 6. The zero-order valence-electron chi connectivity index (χ0n) is 25.3. The van der Waals surface area contributed by atoms with E-state index in [4.69, 9.17) is 9.72 Å². The van der Waals surface area contributed by atoms with Crippen molar-refractivity contribution in [3.05, 3.63) is 66.7 Å². The maximum Gasteiger partial charge on any atom is 0.0989 e. The Labute approximate surface area is 254 Å². The Bertz CT molecular complexity index is 1750. The van der Waals surface area contributed by atoms with E-state index in [2.05, 4.69) is 97.9 Å². The molecule has 0 atom stereocenters. The van der Waals surface area contributed by atoms with Crippen molar-refractivity contribution in [1.82, 2.24) is 19.4 Å². The van der Waals surface area contributed by atoms with E-state index < -0.39 is 0 Å². The van der Waals surface area contributed by atoms with Crippen LogP contribution in [0.25, 0.3) is 44.0 Å². The van der Waals surface area contributed by atoms with Gasteiger partial charge in [0.2, 0.25) is 0 Å². The number of anilines is 2. The van der Waals surface area contributed by atoms with Crippen molar-refractivity contribution < 1.29 is 4.74 Å². The summed E-state index contributed by atoms with van der Waals surface area (Å²) in [5.74, 6) is 0. The van der Waals surface area contributed by atoms with Gasteiger partial charge in [0.15, 0.2) is 0 Å². The van der Waals surface area contributed by atoms with Gasteiger partial charge in [0, 0.05) is 81.9 Å². The Hall–Kier alpha value is -3.65. The molecular weight excluding hydrogens is 532 g/mol. The molecule has 8 rings (SSSR count). The van der Waals surface area contributed by atoms with E-state index >= 15 is 0 Å². The predicted octanol–water partition coefficient (Wildman–Crippen LogP) is 5.69. The molecular formula is C36H42N6O. The second kappa shape index (κ2) is 11.5. The first-order valence-electron chi connectivity index (χ1n) is 16.2. The Morgan fingerprint density at radius 3 is 2.37 bits per heavy atom. The highest BCUT2D eigenvalue weighted by atomic mass is 16.5. The summed E-state index contributed by atoms with van der Waals surface area (Å²) in [5.41, 5.74) is 10.0. The van der Waals surface area contributed by atoms with Gasteiger partial charge in [-0.3, -0.25) is 4.90 Å². The lowest BCUT2D eigenvalue weighted by molar-refractivity contribution is 0.0376. The fraction of sp³-hybridized carbons (Fsp3) is 0.417. The minimum atomic E-state index is 0.863. The van der Waals surface area contributed by atoms with Crippen molar-refractivity contribution in [2.45, 2.75) is 19.4 Å². The smallest absolute Gasteiger partial charge is 0.0989 e. The lowest BCUT2D eigenvalue weighted by Gasteiger charge is -2.34. The molecule has 0 radical (unpaired) electrons. The number of hydrogen-bond donors (Lipinski definition) is 0. The molecule has 5 heterocycles. The molecule has 2 saturated heterocycles. The van der Waals surface area contributed by atoms with Gasteiger partial charge in [-0.05, 0) is 61.3 Å². The minimum absolute atomic E-state index is 0.863. The van der Waals surface area contributed by atoms with Crippen molar-refractivity contribution in [2.75, 3.05) is 89.0 Å². The molecule has 3 aliphatic heterocycles. The third-order valence-electron chi connectivity index (χ3n) is 9.85. The van der Waals surface area contributed by atoms with Gasteiger partial charge in [0.25, 0.3) is 0 Å². The van der Waals surface area contributed by atoms with Crippen LogP contribution >= 0.6 is 0 Å². The lowest BCUT2D eigenvalue weighted by Crippen LogP contribution is -2.44. The first-order valence-corrected chi connectivity index (χ1v) is 16.2. The van der Waals surface area contributed by atoms with Crippen molar-refractivity contribution in [2.24, 2.45) is 0 Å². The maximum absolute atomic E-state index is 5.57. The van der Waals surface area contributed by atoms with Crippen molar-refractivity contribution in [3.63, 3.8) is 0 Å². The summed E-state index contributed by atoms with van der Waals surface area (Å²) in [6.07, 6.45) is 2.29. The molecule has 3 aromatic carbocycles. The monoisotopic (exact) mass is 574 g/mol. The molecule has 7 heteroatoms. The van der Waals surface area contributed by atoms with Crippen LogP contribution < -0.4 is 9.80 Å². The lowest BCUT2D eigenvalue weighted by atomic mass is 10.0. The molecule has 0 bridgehead atoms. The van der Waals surface area contributed by atoms with Gasteiger partial charge in [-0.1, -0.05) is 36.4 Å². The first-order chi connectivity index (χ1) is 21.2. The fourth-order valence-corrected chi connectivity index (χ4v) is 7.44. The van der Waals surface area contributed by atoms with Crippen LogP contribution in [0.5, 0.6) is 0 Å². The number of piperazine rings is 1. The third kappa shape index (κ3) is 5.03. The topological polar surface area (TPSA) is 40.0 Å². The average Bonchev–Trinajstić information content (AvgIpc) is 3.22. The Morgan fingerprint density at radius 1 is 0.744 bits per heavy atom. The second-order valence-corrected chi connectivity index (χ2v) is 12.5. The largest absolute Gasteiger partial charge is 0.379 e. The summed E-state index contributed by atoms with van der Waals surface area (Å²) in [4.78, 5) is 15.5. The molecule has 0 N–H and O–H groups in total. The fourth-order valence-electron chi connectivity index (χ4n) is 7.44. The van der Waals surface area contributed by atoms with Crippen molar-refractivity contribution in [1.29, 1.82) is 0 Å². The summed E-state index contributed by atoms with van der Waals surface area (Å²) in [5, 5.41) is 2.53. The molecule has 7 nitrogen and oxygen atoms in total. The molecule has 3 aliphatic rings. The predicted molar refractivity (Wildman–Crippen MR) is 179 cm³/mol. The highest BCUT2D eigenvalue weighted by molar-refractivity contribution is 6.17. The maximum atomic E-state index is 5.57. The number of para-hydroxylation sites is 1. The molecule has 0 unspecified atom stereocenters. The number of rotatable bonds is 6. The molecule has 2 fully saturated rings. The molecule has 0 spiro atoms. The van der Waals surface area contributed by atoms with Crippen LogP contribution in [-0.2, 0) is 11.3 Å². The Morgan fingerprint density at radius 2 is 1.53 bits per heavy atom. The Kier molecular flexibility index (Phi) is 7.17. The number of likely N-dealkylation sites (N-methyl/N-ethyl adjacent to an activating group) is 1. The van der Waals surface area contributed by atoms with E-state index in [-0.39, 0.29) is 0 Å². The van der Waals surface area contributed by atoms with E-state index in [0.717, 1.165) is 103 Å². The number of pyridine rings is 1. The van der Waals surface area contributed by atoms with Gasteiger partial charge in [-0.25, -0.2) is 4.98 Å². The van der Waals surface area contributed by atoms with Gasteiger partial charge in [-0.15, -0.1) is 0 Å². The van der Waals surface area contributed by atoms with Crippen molar-refractivity contribution in [3.8, 4) is 11.1 Å². The van der Waals surface area contributed by atoms with Gasteiger partial charge >= 0.3 is 0 Å². The standard InChI is InChI=1S/C36H42N6O/c1-38-18-20-40(21-19-38)29-11-8-27(9-12-29)28-10-13-33-31(26-28)34-36-35(30-6-2-3-7-32(30)37-34)41(16-5-17-42(33)36)15-4-14-39-22-24-43-25-23-39/h2-3,6-13,26H,4-5,14-25H2,1H3. The van der Waals surface area contributed by atoms with Crippen LogP contribution in [-0.4, -0.2) is 98.5 Å². The van der Waals surface area contributed by atoms with Crippen LogP contribution in [0.15, 0.2) is 66.7 Å². The van der Waals surface area contributed by atoms with E-state index in [9.17, 15) is 0 Å². The normalized spacial score (nSPS) is 18.6. The molecule has 0 aliphatic carbocycles. The average molecular weight is 575 g/mol. The van der Waals surface area contributed by atoms with Gasteiger partial charge < -0.3 is 24.0 Å². The summed E-state index contributed by atoms with van der Waals surface area (Å²) in [6.45, 7) is 12.5. The Balaban J connectivity index is 1.17. The number of aromatic nitrogens is 2. The third-order valence-corrected chi connectivity index (χ3v) is 9.85. The zero-order valence-corrected chi connectivity index (χ0v) is 25.3. The van der Waals surface area contributed by atoms with E-state index in [1.54, 1.807) is 0 Å². The molecule has 222 valence electrons. The second-order valence-electron chi connectivity index (χ2n) is 12.5. The SMILES string of the molecule is CN1CCN(c2ccc(-c3ccc4c(c3)c3nc5ccccc5c5c3n4CCCN5CCCN3CCOCC3)cc2)CC1. The summed E-state index contributed by atoms with van der Waals surface area (Å²) in [6, 6.07) is 25.0. The number of hydrogen-bond acceptors (Lipinski definition) is 6. The summed E-state index contributed by atoms with van der Waals surface area (Å²) in [7, 11) is 2.21. The van der Waals surface area contributed by atoms with Gasteiger partial charge in [0.05, 0.1) is 41.0 Å². The van der Waals surface area contributed by atoms with Crippen LogP contribution in [0.4, 0.5) is 11.4 Å². The van der Waals surface area contributed by atoms with E-state index in [1.807, 2.05) is 0 Å². The number of morpholine rings is 1. The van der Waals surface area contributed by atoms with Crippen molar-refractivity contribution >= 4 is 44.2 Å². The quantitative estimate of drug-likeness (QED) is 0.259. The number of ether oxygens (including phenoxy) is 1.